The zero-order valence-corrected chi connectivity index (χ0v) is 6.26. The standard InChI is InChI=1S/C7H5ClN2O/c8-4-1-2-6-5(3-4)7(11)10-9-6/h1-3H,(H2,9,10,11). The second-order valence-corrected chi connectivity index (χ2v) is 2.67. The lowest BCUT2D eigenvalue weighted by molar-refractivity contribution is 0.457. The first-order valence-electron chi connectivity index (χ1n) is 3.10. The summed E-state index contributed by atoms with van der Waals surface area (Å²) >= 11 is 5.69. The average Bonchev–Trinajstić information content (AvgIpc) is 2.33. The molecule has 0 aliphatic carbocycles. The maximum Gasteiger partial charge on any atom is 0.238 e. The van der Waals surface area contributed by atoms with Crippen LogP contribution in [-0.2, 0) is 0 Å². The minimum atomic E-state index is -0.0116. The van der Waals surface area contributed by atoms with E-state index in [1.165, 1.54) is 0 Å². The number of benzene rings is 1. The highest BCUT2D eigenvalue weighted by Gasteiger charge is 2.02. The van der Waals surface area contributed by atoms with Gasteiger partial charge in [-0.25, -0.2) is 0 Å². The van der Waals surface area contributed by atoms with Gasteiger partial charge in [0.05, 0.1) is 10.9 Å². The van der Waals surface area contributed by atoms with Crippen molar-refractivity contribution < 1.29 is 5.11 Å². The second kappa shape index (κ2) is 2.13. The van der Waals surface area contributed by atoms with E-state index in [9.17, 15) is 0 Å². The summed E-state index contributed by atoms with van der Waals surface area (Å²) in [5.74, 6) is -0.0116. The van der Waals surface area contributed by atoms with Crippen LogP contribution in [0.2, 0.25) is 5.02 Å². The number of hydrogen-bond donors (Lipinski definition) is 2. The Morgan fingerprint density at radius 2 is 2.27 bits per heavy atom. The smallest absolute Gasteiger partial charge is 0.238 e. The molecule has 0 saturated carbocycles. The highest BCUT2D eigenvalue weighted by molar-refractivity contribution is 6.31. The molecule has 56 valence electrons. The molecule has 1 aromatic carbocycles. The third kappa shape index (κ3) is 0.935. The Labute approximate surface area is 67.6 Å². The predicted molar refractivity (Wildman–Crippen MR) is 42.8 cm³/mol. The first-order chi connectivity index (χ1) is 5.27. The molecule has 2 aromatic rings. The van der Waals surface area contributed by atoms with Gasteiger partial charge in [-0.15, -0.1) is 5.10 Å². The molecule has 0 aliphatic rings. The summed E-state index contributed by atoms with van der Waals surface area (Å²) in [6.07, 6.45) is 0. The molecule has 11 heavy (non-hydrogen) atoms. The Balaban J connectivity index is 2.87. The van der Waals surface area contributed by atoms with Crippen molar-refractivity contribution >= 4 is 22.5 Å². The first kappa shape index (κ1) is 6.49. The molecule has 0 amide bonds. The molecule has 1 aromatic heterocycles. The van der Waals surface area contributed by atoms with Crippen LogP contribution in [0.15, 0.2) is 18.2 Å². The quantitative estimate of drug-likeness (QED) is 0.632. The average molecular weight is 169 g/mol. The van der Waals surface area contributed by atoms with E-state index in [0.717, 1.165) is 5.52 Å². The van der Waals surface area contributed by atoms with Crippen LogP contribution in [0.25, 0.3) is 10.9 Å². The van der Waals surface area contributed by atoms with Crippen LogP contribution in [0.3, 0.4) is 0 Å². The first-order valence-corrected chi connectivity index (χ1v) is 3.48. The van der Waals surface area contributed by atoms with Crippen molar-refractivity contribution in [2.24, 2.45) is 0 Å². The Hall–Kier alpha value is -1.22. The summed E-state index contributed by atoms with van der Waals surface area (Å²) in [7, 11) is 0. The molecule has 0 saturated heterocycles. The fraction of sp³-hybridized carbons (Fsp3) is 0. The van der Waals surface area contributed by atoms with E-state index in [0.29, 0.717) is 10.4 Å². The van der Waals surface area contributed by atoms with Crippen molar-refractivity contribution in [2.45, 2.75) is 0 Å². The fourth-order valence-electron chi connectivity index (χ4n) is 0.972. The number of aromatic amines is 1. The lowest BCUT2D eigenvalue weighted by Crippen LogP contribution is -1.66. The van der Waals surface area contributed by atoms with Gasteiger partial charge in [-0.1, -0.05) is 11.6 Å². The number of rotatable bonds is 0. The van der Waals surface area contributed by atoms with Crippen LogP contribution in [0.4, 0.5) is 0 Å². The number of aromatic hydroxyl groups is 1. The van der Waals surface area contributed by atoms with Gasteiger partial charge in [-0.05, 0) is 18.2 Å². The SMILES string of the molecule is Oc1n[nH]c2ccc(Cl)cc12. The van der Waals surface area contributed by atoms with E-state index in [1.54, 1.807) is 18.2 Å². The summed E-state index contributed by atoms with van der Waals surface area (Å²) in [5.41, 5.74) is 0.784. The van der Waals surface area contributed by atoms with Crippen LogP contribution >= 0.6 is 11.6 Å². The Kier molecular flexibility index (Phi) is 1.26. The monoisotopic (exact) mass is 168 g/mol. The van der Waals surface area contributed by atoms with E-state index in [-0.39, 0.29) is 5.88 Å². The third-order valence-electron chi connectivity index (χ3n) is 1.50. The molecule has 0 bridgehead atoms. The molecule has 0 unspecified atom stereocenters. The van der Waals surface area contributed by atoms with Crippen molar-refractivity contribution in [3.05, 3.63) is 23.2 Å². The van der Waals surface area contributed by atoms with E-state index in [4.69, 9.17) is 16.7 Å². The van der Waals surface area contributed by atoms with Crippen molar-refractivity contribution in [3.63, 3.8) is 0 Å². The molecule has 0 fully saturated rings. The van der Waals surface area contributed by atoms with E-state index in [1.807, 2.05) is 0 Å². The summed E-state index contributed by atoms with van der Waals surface area (Å²) in [4.78, 5) is 0. The molecule has 4 heteroatoms. The topological polar surface area (TPSA) is 48.9 Å². The van der Waals surface area contributed by atoms with E-state index in [2.05, 4.69) is 10.2 Å². The second-order valence-electron chi connectivity index (χ2n) is 2.24. The van der Waals surface area contributed by atoms with Crippen LogP contribution in [-0.4, -0.2) is 15.3 Å². The maximum atomic E-state index is 9.13. The number of nitrogens with one attached hydrogen (secondary N) is 1. The third-order valence-corrected chi connectivity index (χ3v) is 1.74. The lowest BCUT2D eigenvalue weighted by atomic mass is 10.2. The van der Waals surface area contributed by atoms with Gasteiger partial charge in [0.2, 0.25) is 5.88 Å². The molecular weight excluding hydrogens is 164 g/mol. The molecule has 2 N–H and O–H groups in total. The number of halogens is 1. The highest BCUT2D eigenvalue weighted by Crippen LogP contribution is 2.23. The molecule has 2 rings (SSSR count). The van der Waals surface area contributed by atoms with Gasteiger partial charge in [0.15, 0.2) is 0 Å². The lowest BCUT2D eigenvalue weighted by Gasteiger charge is -1.88. The van der Waals surface area contributed by atoms with Crippen LogP contribution < -0.4 is 0 Å². The Bertz CT molecular complexity index is 396. The normalized spacial score (nSPS) is 10.6. The molecule has 0 aliphatic heterocycles. The molecule has 0 radical (unpaired) electrons. The fourth-order valence-corrected chi connectivity index (χ4v) is 1.14. The van der Waals surface area contributed by atoms with Gasteiger partial charge < -0.3 is 5.11 Å². The largest absolute Gasteiger partial charge is 0.492 e. The number of H-pyrrole nitrogens is 1. The maximum absolute atomic E-state index is 9.13. The molecule has 0 atom stereocenters. The predicted octanol–water partition coefficient (Wildman–Crippen LogP) is 1.92. The number of hydrogen-bond acceptors (Lipinski definition) is 2. The van der Waals surface area contributed by atoms with Gasteiger partial charge in [0.25, 0.3) is 0 Å². The summed E-state index contributed by atoms with van der Waals surface area (Å²) < 4.78 is 0. The summed E-state index contributed by atoms with van der Waals surface area (Å²) in [5, 5.41) is 16.6. The Morgan fingerprint density at radius 1 is 1.45 bits per heavy atom. The van der Waals surface area contributed by atoms with Crippen molar-refractivity contribution in [2.75, 3.05) is 0 Å². The van der Waals surface area contributed by atoms with Crippen molar-refractivity contribution in [3.8, 4) is 5.88 Å². The number of nitrogens with zero attached hydrogens (tertiary/aromatic N) is 1. The van der Waals surface area contributed by atoms with Crippen molar-refractivity contribution in [1.29, 1.82) is 0 Å². The molecule has 1 heterocycles. The van der Waals surface area contributed by atoms with Crippen LogP contribution in [0, 0.1) is 0 Å². The highest BCUT2D eigenvalue weighted by atomic mass is 35.5. The van der Waals surface area contributed by atoms with Gasteiger partial charge in [-0.2, -0.15) is 0 Å². The van der Waals surface area contributed by atoms with E-state index < -0.39 is 0 Å². The minimum Gasteiger partial charge on any atom is -0.492 e. The molecule has 0 spiro atoms. The zero-order valence-electron chi connectivity index (χ0n) is 5.50. The van der Waals surface area contributed by atoms with Crippen molar-refractivity contribution in [1.82, 2.24) is 10.2 Å². The van der Waals surface area contributed by atoms with Gasteiger partial charge in [0.1, 0.15) is 0 Å². The summed E-state index contributed by atoms with van der Waals surface area (Å²) in [6, 6.07) is 5.17. The van der Waals surface area contributed by atoms with Crippen LogP contribution in [0.1, 0.15) is 0 Å². The van der Waals surface area contributed by atoms with Gasteiger partial charge >= 0.3 is 0 Å². The summed E-state index contributed by atoms with van der Waals surface area (Å²) in [6.45, 7) is 0. The van der Waals surface area contributed by atoms with Gasteiger partial charge in [-0.3, -0.25) is 5.10 Å². The molecule has 3 nitrogen and oxygen atoms in total. The number of aromatic nitrogens is 2. The van der Waals surface area contributed by atoms with E-state index >= 15 is 0 Å². The van der Waals surface area contributed by atoms with Gasteiger partial charge in [0, 0.05) is 5.02 Å². The Morgan fingerprint density at radius 3 is 3.09 bits per heavy atom. The number of fused-ring (bicyclic) bond motifs is 1. The van der Waals surface area contributed by atoms with Crippen LogP contribution in [0.5, 0.6) is 5.88 Å². The zero-order chi connectivity index (χ0) is 7.84. The minimum absolute atomic E-state index is 0.0116. The molecular formula is C7H5ClN2O.